The number of benzene rings is 1. The van der Waals surface area contributed by atoms with Gasteiger partial charge in [0.25, 0.3) is 0 Å². The lowest BCUT2D eigenvalue weighted by atomic mass is 10.1. The van der Waals surface area contributed by atoms with E-state index in [4.69, 9.17) is 10.5 Å². The number of unbranched alkanes of at least 4 members (excludes halogenated alkanes) is 1. The molecule has 0 heterocycles. The topological polar surface area (TPSA) is 64.3 Å². The van der Waals surface area contributed by atoms with E-state index < -0.39 is 0 Å². The van der Waals surface area contributed by atoms with Gasteiger partial charge in [0, 0.05) is 6.04 Å². The Morgan fingerprint density at radius 2 is 2.10 bits per heavy atom. The summed E-state index contributed by atoms with van der Waals surface area (Å²) < 4.78 is 5.63. The number of nitrogens with two attached hydrogens (primary N) is 1. The van der Waals surface area contributed by atoms with Crippen LogP contribution in [-0.2, 0) is 4.79 Å². The van der Waals surface area contributed by atoms with Crippen molar-refractivity contribution in [3.63, 3.8) is 0 Å². The number of hydrogen-bond donors (Lipinski definition) is 2. The van der Waals surface area contributed by atoms with E-state index in [1.165, 1.54) is 12.8 Å². The van der Waals surface area contributed by atoms with E-state index in [0.717, 1.165) is 24.3 Å². The SMILES string of the molecule is CCCCC(CC)Nc1ccccc1OCCC(N)=O. The number of anilines is 1. The Hall–Kier alpha value is -1.71. The fourth-order valence-corrected chi connectivity index (χ4v) is 2.02. The second kappa shape index (κ2) is 9.23. The smallest absolute Gasteiger partial charge is 0.220 e. The second-order valence-corrected chi connectivity index (χ2v) is 4.95. The van der Waals surface area contributed by atoms with Gasteiger partial charge in [-0.1, -0.05) is 38.8 Å². The first-order valence-electron chi connectivity index (χ1n) is 7.44. The van der Waals surface area contributed by atoms with Crippen LogP contribution >= 0.6 is 0 Å². The van der Waals surface area contributed by atoms with Crippen molar-refractivity contribution in [2.45, 2.75) is 52.0 Å². The lowest BCUT2D eigenvalue weighted by Gasteiger charge is -2.20. The van der Waals surface area contributed by atoms with Gasteiger partial charge in [0.1, 0.15) is 5.75 Å². The molecule has 0 aliphatic carbocycles. The van der Waals surface area contributed by atoms with E-state index in [1.54, 1.807) is 0 Å². The van der Waals surface area contributed by atoms with Crippen molar-refractivity contribution in [3.8, 4) is 5.75 Å². The van der Waals surface area contributed by atoms with Crippen molar-refractivity contribution >= 4 is 11.6 Å². The maximum absolute atomic E-state index is 10.7. The maximum atomic E-state index is 10.7. The Morgan fingerprint density at radius 1 is 1.35 bits per heavy atom. The molecule has 4 nitrogen and oxygen atoms in total. The van der Waals surface area contributed by atoms with Gasteiger partial charge in [-0.3, -0.25) is 4.79 Å². The average molecular weight is 278 g/mol. The van der Waals surface area contributed by atoms with Crippen molar-refractivity contribution in [2.24, 2.45) is 5.73 Å². The summed E-state index contributed by atoms with van der Waals surface area (Å²) in [6.45, 7) is 4.71. The molecule has 0 bridgehead atoms. The average Bonchev–Trinajstić information content (AvgIpc) is 2.44. The van der Waals surface area contributed by atoms with Crippen molar-refractivity contribution in [2.75, 3.05) is 11.9 Å². The molecule has 0 aliphatic heterocycles. The highest BCUT2D eigenvalue weighted by atomic mass is 16.5. The van der Waals surface area contributed by atoms with Crippen LogP contribution in [0.15, 0.2) is 24.3 Å². The zero-order valence-corrected chi connectivity index (χ0v) is 12.5. The van der Waals surface area contributed by atoms with Crippen LogP contribution in [0.5, 0.6) is 5.75 Å². The van der Waals surface area contributed by atoms with Crippen molar-refractivity contribution in [1.82, 2.24) is 0 Å². The molecule has 1 aromatic carbocycles. The van der Waals surface area contributed by atoms with Crippen LogP contribution in [0.1, 0.15) is 46.0 Å². The maximum Gasteiger partial charge on any atom is 0.220 e. The van der Waals surface area contributed by atoms with Crippen molar-refractivity contribution in [1.29, 1.82) is 0 Å². The monoisotopic (exact) mass is 278 g/mol. The number of ether oxygens (including phenoxy) is 1. The van der Waals surface area contributed by atoms with Crippen LogP contribution in [0.25, 0.3) is 0 Å². The molecule has 0 aliphatic rings. The minimum absolute atomic E-state index is 0.237. The zero-order valence-electron chi connectivity index (χ0n) is 12.5. The number of carbonyl (C=O) groups is 1. The Balaban J connectivity index is 2.61. The molecule has 1 atom stereocenters. The molecule has 4 heteroatoms. The predicted molar refractivity (Wildman–Crippen MR) is 83.0 cm³/mol. The molecule has 112 valence electrons. The van der Waals surface area contributed by atoms with Gasteiger partial charge in [-0.15, -0.1) is 0 Å². The first-order chi connectivity index (χ1) is 9.67. The summed E-state index contributed by atoms with van der Waals surface area (Å²) in [7, 11) is 0. The van der Waals surface area contributed by atoms with Crippen LogP contribution in [0.4, 0.5) is 5.69 Å². The van der Waals surface area contributed by atoms with Gasteiger partial charge < -0.3 is 15.8 Å². The lowest BCUT2D eigenvalue weighted by molar-refractivity contribution is -0.118. The number of amides is 1. The minimum atomic E-state index is -0.343. The van der Waals surface area contributed by atoms with Crippen LogP contribution < -0.4 is 15.8 Å². The summed E-state index contributed by atoms with van der Waals surface area (Å²) >= 11 is 0. The highest BCUT2D eigenvalue weighted by Gasteiger charge is 2.09. The molecular formula is C16H26N2O2. The first-order valence-corrected chi connectivity index (χ1v) is 7.44. The third kappa shape index (κ3) is 5.95. The van der Waals surface area contributed by atoms with E-state index in [2.05, 4.69) is 19.2 Å². The highest BCUT2D eigenvalue weighted by molar-refractivity contribution is 5.73. The Morgan fingerprint density at radius 3 is 2.75 bits per heavy atom. The fraction of sp³-hybridized carbons (Fsp3) is 0.562. The van der Waals surface area contributed by atoms with E-state index in [-0.39, 0.29) is 12.3 Å². The number of nitrogens with one attached hydrogen (secondary N) is 1. The van der Waals surface area contributed by atoms with E-state index in [1.807, 2.05) is 24.3 Å². The number of primary amides is 1. The molecule has 1 aromatic rings. The van der Waals surface area contributed by atoms with Gasteiger partial charge in [-0.05, 0) is 25.0 Å². The summed E-state index contributed by atoms with van der Waals surface area (Å²) in [4.78, 5) is 10.7. The molecular weight excluding hydrogens is 252 g/mol. The van der Waals surface area contributed by atoms with Gasteiger partial charge in [0.2, 0.25) is 5.91 Å². The van der Waals surface area contributed by atoms with Crippen LogP contribution in [0, 0.1) is 0 Å². The lowest BCUT2D eigenvalue weighted by Crippen LogP contribution is -2.19. The Labute approximate surface area is 121 Å². The zero-order chi connectivity index (χ0) is 14.8. The summed E-state index contributed by atoms with van der Waals surface area (Å²) in [6, 6.07) is 8.29. The molecule has 0 aromatic heterocycles. The summed E-state index contributed by atoms with van der Waals surface area (Å²) in [5.41, 5.74) is 6.10. The number of hydrogen-bond acceptors (Lipinski definition) is 3. The Kier molecular flexibility index (Phi) is 7.55. The van der Waals surface area contributed by atoms with Gasteiger partial charge in [-0.25, -0.2) is 0 Å². The number of carbonyl (C=O) groups excluding carboxylic acids is 1. The van der Waals surface area contributed by atoms with Gasteiger partial charge in [0.05, 0.1) is 18.7 Å². The molecule has 1 rings (SSSR count). The molecule has 0 saturated carbocycles. The normalized spacial score (nSPS) is 11.9. The standard InChI is InChI=1S/C16H26N2O2/c1-3-5-8-13(4-2)18-14-9-6-7-10-15(14)20-12-11-16(17)19/h6-7,9-10,13,18H,3-5,8,11-12H2,1-2H3,(H2,17,19). The molecule has 1 unspecified atom stereocenters. The molecule has 0 spiro atoms. The second-order valence-electron chi connectivity index (χ2n) is 4.95. The van der Waals surface area contributed by atoms with Gasteiger partial charge in [0.15, 0.2) is 0 Å². The number of rotatable bonds is 10. The first kappa shape index (κ1) is 16.3. The van der Waals surface area contributed by atoms with Crippen LogP contribution in [0.3, 0.4) is 0 Å². The number of para-hydroxylation sites is 2. The van der Waals surface area contributed by atoms with E-state index in [9.17, 15) is 4.79 Å². The molecule has 3 N–H and O–H groups in total. The van der Waals surface area contributed by atoms with Crippen molar-refractivity contribution < 1.29 is 9.53 Å². The van der Waals surface area contributed by atoms with Crippen LogP contribution in [-0.4, -0.2) is 18.6 Å². The van der Waals surface area contributed by atoms with E-state index in [0.29, 0.717) is 12.6 Å². The summed E-state index contributed by atoms with van der Waals surface area (Å²) in [5.74, 6) is 0.438. The third-order valence-corrected chi connectivity index (χ3v) is 3.25. The fourth-order valence-electron chi connectivity index (χ4n) is 2.02. The third-order valence-electron chi connectivity index (χ3n) is 3.25. The molecule has 0 fully saturated rings. The largest absolute Gasteiger partial charge is 0.491 e. The molecule has 20 heavy (non-hydrogen) atoms. The van der Waals surface area contributed by atoms with Gasteiger partial charge in [-0.2, -0.15) is 0 Å². The molecule has 0 radical (unpaired) electrons. The van der Waals surface area contributed by atoms with Gasteiger partial charge >= 0.3 is 0 Å². The quantitative estimate of drug-likeness (QED) is 0.690. The highest BCUT2D eigenvalue weighted by Crippen LogP contribution is 2.26. The summed E-state index contributed by atoms with van der Waals surface area (Å²) in [5, 5.41) is 3.53. The van der Waals surface area contributed by atoms with Crippen LogP contribution in [0.2, 0.25) is 0 Å². The molecule has 0 saturated heterocycles. The van der Waals surface area contributed by atoms with Crippen molar-refractivity contribution in [3.05, 3.63) is 24.3 Å². The molecule has 1 amide bonds. The van der Waals surface area contributed by atoms with E-state index >= 15 is 0 Å². The Bertz CT molecular complexity index is 407. The predicted octanol–water partition coefficient (Wildman–Crippen LogP) is 3.32. The minimum Gasteiger partial charge on any atom is -0.491 e. The summed E-state index contributed by atoms with van der Waals surface area (Å²) in [6.07, 6.45) is 4.89.